The van der Waals surface area contributed by atoms with Gasteiger partial charge in [-0.1, -0.05) is 24.8 Å². The summed E-state index contributed by atoms with van der Waals surface area (Å²) < 4.78 is 205. The number of fused-ring (bicyclic) bond motifs is 1. The van der Waals surface area contributed by atoms with Crippen molar-refractivity contribution in [2.45, 2.75) is 24.5 Å². The second kappa shape index (κ2) is 20.2. The van der Waals surface area contributed by atoms with Crippen molar-refractivity contribution in [2.75, 3.05) is 40.6 Å². The first-order chi connectivity index (χ1) is 33.3. The predicted molar refractivity (Wildman–Crippen MR) is 250 cm³/mol. The number of aromatic nitrogens is 3. The van der Waals surface area contributed by atoms with Crippen molar-refractivity contribution in [3.8, 4) is 5.75 Å². The van der Waals surface area contributed by atoms with E-state index in [1.165, 1.54) is 17.0 Å². The van der Waals surface area contributed by atoms with Crippen molar-refractivity contribution in [1.82, 2.24) is 15.0 Å². The van der Waals surface area contributed by atoms with Gasteiger partial charge in [0.2, 0.25) is 11.9 Å². The van der Waals surface area contributed by atoms with E-state index in [0.717, 1.165) is 18.2 Å². The fraction of sp³-hybridized carbons (Fsp3) is 0.108. The standard InChI is InChI=1S/C37H33FN10O18S6/c1-2-67(51,52)14-12-48(22-6-4-3-5-7-22)37-42-35(38)41-36(43-37)40-21-8-11-26(69(55,56)57)25(18-21)45-47-33-29(72(64,65)66)17-20-16-28(71(61,62)63)32(31(39)30(20)34(33)50)46-44-24-10-9-23(68(53,54)15-13-49)19-27(24)70(58,59)60/h2-11,16-19,49-50H,1,12-15,39H2,(H,55,56,57)(H,58,59,60)(H,61,62,63)(H,64,65,66)(H,40,41,42,43). The van der Waals surface area contributed by atoms with Crippen molar-refractivity contribution in [2.24, 2.45) is 20.5 Å². The normalized spacial score (nSPS) is 13.0. The number of hydrogen-bond acceptors (Lipinski definition) is 24. The van der Waals surface area contributed by atoms with Crippen LogP contribution in [-0.2, 0) is 60.1 Å². The molecule has 0 atom stereocenters. The van der Waals surface area contributed by atoms with Gasteiger partial charge in [0.05, 0.1) is 34.1 Å². The Morgan fingerprint density at radius 3 is 1.83 bits per heavy atom. The maximum atomic E-state index is 15.0. The summed E-state index contributed by atoms with van der Waals surface area (Å²) in [5.41, 5.74) is 1.08. The largest absolute Gasteiger partial charge is 0.505 e. The molecule has 0 bridgehead atoms. The average Bonchev–Trinajstić information content (AvgIpc) is 3.27. The summed E-state index contributed by atoms with van der Waals surface area (Å²) in [4.78, 5) is 6.90. The predicted octanol–water partition coefficient (Wildman–Crippen LogP) is 4.48. The number of sulfone groups is 2. The van der Waals surface area contributed by atoms with E-state index in [9.17, 15) is 73.8 Å². The molecule has 1 aromatic heterocycles. The topological polar surface area (TPSA) is 456 Å². The summed E-state index contributed by atoms with van der Waals surface area (Å²) in [5, 5.41) is 36.8. The van der Waals surface area contributed by atoms with Crippen molar-refractivity contribution >= 4 is 123 Å². The SMILES string of the molecule is C=CS(=O)(=O)CCN(c1ccccc1)c1nc(F)nc(Nc2ccc(S(=O)(=O)O)c(N=Nc3c(S(=O)(=O)O)cc4cc(S(=O)(=O)O)c(N=Nc5ccc(S(=O)(=O)CCO)cc5S(=O)(=O)O)c(N)c4c3O)c2)n1. The van der Waals surface area contributed by atoms with Gasteiger partial charge >= 0.3 is 6.08 Å². The highest BCUT2D eigenvalue weighted by Gasteiger charge is 2.30. The zero-order valence-electron chi connectivity index (χ0n) is 35.7. The molecule has 0 unspecified atom stereocenters. The van der Waals surface area contributed by atoms with Gasteiger partial charge in [-0.3, -0.25) is 18.2 Å². The highest BCUT2D eigenvalue weighted by molar-refractivity contribution is 7.94. The summed E-state index contributed by atoms with van der Waals surface area (Å²) in [5.74, 6) is -3.80. The lowest BCUT2D eigenvalue weighted by atomic mass is 10.1. The lowest BCUT2D eigenvalue weighted by Gasteiger charge is -2.22. The summed E-state index contributed by atoms with van der Waals surface area (Å²) >= 11 is 0. The number of nitrogens with zero attached hydrogens (tertiary/aromatic N) is 8. The smallest absolute Gasteiger partial charge is 0.315 e. The Labute approximate surface area is 407 Å². The molecule has 0 saturated carbocycles. The van der Waals surface area contributed by atoms with E-state index in [0.29, 0.717) is 41.4 Å². The van der Waals surface area contributed by atoms with Crippen molar-refractivity contribution in [1.29, 1.82) is 0 Å². The first kappa shape index (κ1) is 54.3. The fourth-order valence-electron chi connectivity index (χ4n) is 6.32. The molecule has 28 nitrogen and oxygen atoms in total. The van der Waals surface area contributed by atoms with Crippen LogP contribution >= 0.6 is 0 Å². The molecule has 1 heterocycles. The summed E-state index contributed by atoms with van der Waals surface area (Å²) in [7, 11) is -29.8. The minimum atomic E-state index is -5.57. The number of aromatic hydroxyl groups is 1. The first-order valence-corrected chi connectivity index (χ1v) is 28.3. The molecular weight excluding hydrogens is 1080 g/mol. The highest BCUT2D eigenvalue weighted by Crippen LogP contribution is 2.49. The van der Waals surface area contributed by atoms with Gasteiger partial charge in [-0.05, 0) is 66.0 Å². The third kappa shape index (κ3) is 12.3. The Balaban J connectivity index is 1.50. The molecule has 72 heavy (non-hydrogen) atoms. The molecule has 0 fully saturated rings. The van der Waals surface area contributed by atoms with E-state index in [2.05, 4.69) is 47.3 Å². The number of nitrogen functional groups attached to an aromatic ring is 1. The Bertz CT molecular complexity index is 3960. The van der Waals surface area contributed by atoms with Crippen LogP contribution in [0.1, 0.15) is 0 Å². The van der Waals surface area contributed by atoms with E-state index in [4.69, 9.17) is 10.8 Å². The number of anilines is 5. The molecule has 0 radical (unpaired) electrons. The van der Waals surface area contributed by atoms with Gasteiger partial charge in [-0.25, -0.2) is 16.8 Å². The van der Waals surface area contributed by atoms with Crippen LogP contribution in [-0.4, -0.2) is 119 Å². The number of aliphatic hydroxyl groups excluding tert-OH is 1. The number of azo groups is 2. The fourth-order valence-corrected chi connectivity index (χ4v) is 10.6. The van der Waals surface area contributed by atoms with E-state index >= 15 is 4.39 Å². The van der Waals surface area contributed by atoms with Crippen LogP contribution in [0, 0.1) is 6.08 Å². The van der Waals surface area contributed by atoms with Gasteiger partial charge in [0.25, 0.3) is 40.5 Å². The Morgan fingerprint density at radius 2 is 1.25 bits per heavy atom. The van der Waals surface area contributed by atoms with E-state index in [-0.39, 0.29) is 12.2 Å². The lowest BCUT2D eigenvalue weighted by molar-refractivity contribution is 0.319. The number of para-hydroxylation sites is 1. The van der Waals surface area contributed by atoms with Crippen LogP contribution in [0.2, 0.25) is 0 Å². The molecule has 0 aliphatic rings. The van der Waals surface area contributed by atoms with Gasteiger partial charge in [0, 0.05) is 23.3 Å². The van der Waals surface area contributed by atoms with Gasteiger partial charge < -0.3 is 26.2 Å². The number of benzene rings is 5. The van der Waals surface area contributed by atoms with Crippen LogP contribution < -0.4 is 16.0 Å². The van der Waals surface area contributed by atoms with E-state index in [1.54, 1.807) is 18.2 Å². The molecule has 9 N–H and O–H groups in total. The Kier molecular flexibility index (Phi) is 15.2. The number of hydrogen-bond donors (Lipinski definition) is 8. The molecule has 6 aromatic rings. The molecule has 0 saturated heterocycles. The number of nitrogens with two attached hydrogens (primary N) is 1. The van der Waals surface area contributed by atoms with Gasteiger partial charge in [-0.2, -0.15) is 53.0 Å². The monoisotopic (exact) mass is 1120 g/mol. The second-order valence-electron chi connectivity index (χ2n) is 14.3. The number of halogens is 1. The van der Waals surface area contributed by atoms with Crippen molar-refractivity contribution in [3.63, 3.8) is 0 Å². The lowest BCUT2D eigenvalue weighted by Crippen LogP contribution is -2.26. The molecule has 6 rings (SSSR count). The maximum Gasteiger partial charge on any atom is 0.315 e. The van der Waals surface area contributed by atoms with Gasteiger partial charge in [0.1, 0.15) is 42.3 Å². The van der Waals surface area contributed by atoms with Crippen LogP contribution in [0.25, 0.3) is 10.8 Å². The molecular formula is C37H33FN10O18S6. The third-order valence-electron chi connectivity index (χ3n) is 9.57. The minimum Gasteiger partial charge on any atom is -0.505 e. The zero-order chi connectivity index (χ0) is 53.4. The number of phenols is 1. The number of aliphatic hydroxyl groups is 1. The van der Waals surface area contributed by atoms with Crippen LogP contribution in [0.15, 0.2) is 136 Å². The van der Waals surface area contributed by atoms with Crippen molar-refractivity contribution in [3.05, 3.63) is 96.9 Å². The molecule has 5 aromatic carbocycles. The first-order valence-electron chi connectivity index (χ1n) is 19.2. The van der Waals surface area contributed by atoms with Crippen LogP contribution in [0.3, 0.4) is 0 Å². The maximum absolute atomic E-state index is 15.0. The molecule has 382 valence electrons. The molecule has 0 spiro atoms. The van der Waals surface area contributed by atoms with E-state index in [1.807, 2.05) is 0 Å². The minimum absolute atomic E-state index is 0.262. The molecule has 0 aliphatic heterocycles. The van der Waals surface area contributed by atoms with Gasteiger partial charge in [0.15, 0.2) is 25.4 Å². The Morgan fingerprint density at radius 1 is 0.667 bits per heavy atom. The van der Waals surface area contributed by atoms with Crippen LogP contribution in [0.4, 0.5) is 56.1 Å². The third-order valence-corrected chi connectivity index (χ3v) is 16.0. The summed E-state index contributed by atoms with van der Waals surface area (Å²) in [6.45, 7) is 2.05. The second-order valence-corrected chi connectivity index (χ2v) is 24.1. The summed E-state index contributed by atoms with van der Waals surface area (Å²) in [6.07, 6.45) is -1.40. The number of phenolic OH excluding ortho intramolecular Hbond substituents is 1. The Hall–Kier alpha value is -7.06. The molecule has 0 amide bonds. The van der Waals surface area contributed by atoms with E-state index < -0.39 is 166 Å². The average molecular weight is 1120 g/mol. The highest BCUT2D eigenvalue weighted by atomic mass is 32.2. The number of rotatable bonds is 19. The van der Waals surface area contributed by atoms with Gasteiger partial charge in [-0.15, -0.1) is 20.5 Å². The molecule has 35 heteroatoms. The van der Waals surface area contributed by atoms with Crippen molar-refractivity contribution < 1.29 is 83.3 Å². The molecule has 0 aliphatic carbocycles. The summed E-state index contributed by atoms with van der Waals surface area (Å²) in [6, 6.07) is 13.1. The van der Waals surface area contributed by atoms with Crippen LogP contribution in [0.5, 0.6) is 5.75 Å². The quantitative estimate of drug-likeness (QED) is 0.0315. The number of nitrogens with one attached hydrogen (secondary N) is 1. The zero-order valence-corrected chi connectivity index (χ0v) is 40.6.